The van der Waals surface area contributed by atoms with Gasteiger partial charge in [0.1, 0.15) is 17.3 Å². The first-order valence-electron chi connectivity index (χ1n) is 7.33. The summed E-state index contributed by atoms with van der Waals surface area (Å²) in [5, 5.41) is 0. The van der Waals surface area contributed by atoms with Gasteiger partial charge in [0.2, 0.25) is 5.88 Å². The van der Waals surface area contributed by atoms with Crippen molar-refractivity contribution in [3.63, 3.8) is 0 Å². The molecule has 0 radical (unpaired) electrons. The minimum absolute atomic E-state index is 0.0759. The molecule has 0 atom stereocenters. The van der Waals surface area contributed by atoms with E-state index in [-0.39, 0.29) is 12.2 Å². The van der Waals surface area contributed by atoms with Gasteiger partial charge in [-0.05, 0) is 48.0 Å². The van der Waals surface area contributed by atoms with Gasteiger partial charge in [0.15, 0.2) is 0 Å². The van der Waals surface area contributed by atoms with Crippen molar-refractivity contribution in [2.45, 2.75) is 6.42 Å². The Hall–Kier alpha value is -3.21. The van der Waals surface area contributed by atoms with Crippen molar-refractivity contribution >= 4 is 5.97 Å². The van der Waals surface area contributed by atoms with Gasteiger partial charge < -0.3 is 9.47 Å². The smallest absolute Gasteiger partial charge is 0.315 e. The fourth-order valence-electron chi connectivity index (χ4n) is 2.04. The van der Waals surface area contributed by atoms with Crippen molar-refractivity contribution in [3.05, 3.63) is 84.3 Å². The highest BCUT2D eigenvalue weighted by atomic mass is 19.1. The van der Waals surface area contributed by atoms with Crippen molar-refractivity contribution < 1.29 is 18.7 Å². The maximum Gasteiger partial charge on any atom is 0.315 e. The summed E-state index contributed by atoms with van der Waals surface area (Å²) >= 11 is 0. The van der Waals surface area contributed by atoms with E-state index in [1.54, 1.807) is 54.7 Å². The highest BCUT2D eigenvalue weighted by Crippen LogP contribution is 2.22. The van der Waals surface area contributed by atoms with Gasteiger partial charge in [-0.25, -0.2) is 9.37 Å². The monoisotopic (exact) mass is 323 g/mol. The summed E-state index contributed by atoms with van der Waals surface area (Å²) < 4.78 is 23.6. The molecule has 0 saturated heterocycles. The molecule has 0 saturated carbocycles. The zero-order valence-corrected chi connectivity index (χ0v) is 12.7. The van der Waals surface area contributed by atoms with Crippen molar-refractivity contribution in [1.29, 1.82) is 0 Å². The number of rotatable bonds is 5. The van der Waals surface area contributed by atoms with Crippen LogP contribution in [0.1, 0.15) is 5.56 Å². The summed E-state index contributed by atoms with van der Waals surface area (Å²) in [4.78, 5) is 15.9. The SMILES string of the molecule is O=C(Cc1ccc(F)cc1)Oc1ccc(Oc2ccccn2)cc1. The van der Waals surface area contributed by atoms with E-state index in [9.17, 15) is 9.18 Å². The predicted molar refractivity (Wildman–Crippen MR) is 86.5 cm³/mol. The van der Waals surface area contributed by atoms with Crippen LogP contribution in [-0.2, 0) is 11.2 Å². The van der Waals surface area contributed by atoms with Gasteiger partial charge in [-0.1, -0.05) is 18.2 Å². The topological polar surface area (TPSA) is 48.4 Å². The quantitative estimate of drug-likeness (QED) is 0.522. The van der Waals surface area contributed by atoms with Crippen LogP contribution in [0.2, 0.25) is 0 Å². The van der Waals surface area contributed by atoms with E-state index >= 15 is 0 Å². The number of halogens is 1. The number of carbonyl (C=O) groups is 1. The summed E-state index contributed by atoms with van der Waals surface area (Å²) in [6, 6.07) is 17.8. The molecule has 120 valence electrons. The van der Waals surface area contributed by atoms with Gasteiger partial charge >= 0.3 is 5.97 Å². The molecule has 5 heteroatoms. The van der Waals surface area contributed by atoms with Crippen LogP contribution in [0.4, 0.5) is 4.39 Å². The fourth-order valence-corrected chi connectivity index (χ4v) is 2.04. The Labute approximate surface area is 138 Å². The lowest BCUT2D eigenvalue weighted by Crippen LogP contribution is -2.11. The van der Waals surface area contributed by atoms with Crippen LogP contribution in [0.3, 0.4) is 0 Å². The maximum atomic E-state index is 12.8. The number of hydrogen-bond donors (Lipinski definition) is 0. The normalized spacial score (nSPS) is 10.2. The first kappa shape index (κ1) is 15.7. The third-order valence-corrected chi connectivity index (χ3v) is 3.18. The second-order valence-corrected chi connectivity index (χ2v) is 5.02. The van der Waals surface area contributed by atoms with Gasteiger partial charge in [0.05, 0.1) is 6.42 Å². The van der Waals surface area contributed by atoms with Crippen molar-refractivity contribution in [3.8, 4) is 17.4 Å². The molecule has 24 heavy (non-hydrogen) atoms. The van der Waals surface area contributed by atoms with E-state index in [0.717, 1.165) is 0 Å². The molecule has 0 aliphatic heterocycles. The highest BCUT2D eigenvalue weighted by molar-refractivity contribution is 5.75. The number of carbonyl (C=O) groups excluding carboxylic acids is 1. The predicted octanol–water partition coefficient (Wildman–Crippen LogP) is 4.16. The van der Waals surface area contributed by atoms with E-state index in [1.807, 2.05) is 6.07 Å². The molecule has 3 rings (SSSR count). The van der Waals surface area contributed by atoms with Gasteiger partial charge in [-0.15, -0.1) is 0 Å². The number of benzene rings is 2. The van der Waals surface area contributed by atoms with Crippen LogP contribution < -0.4 is 9.47 Å². The zero-order chi connectivity index (χ0) is 16.8. The Bertz CT molecular complexity index is 802. The Balaban J connectivity index is 1.57. The molecule has 0 aliphatic rings. The zero-order valence-electron chi connectivity index (χ0n) is 12.7. The molecule has 0 amide bonds. The standard InChI is InChI=1S/C19H14FNO3/c20-15-6-4-14(5-7-15)13-19(22)24-17-10-8-16(9-11-17)23-18-3-1-2-12-21-18/h1-12H,13H2. The lowest BCUT2D eigenvalue weighted by Gasteiger charge is -2.07. The van der Waals surface area contributed by atoms with E-state index in [2.05, 4.69) is 4.98 Å². The van der Waals surface area contributed by atoms with E-state index < -0.39 is 5.97 Å². The number of esters is 1. The van der Waals surface area contributed by atoms with Crippen LogP contribution >= 0.6 is 0 Å². The first-order chi connectivity index (χ1) is 11.7. The molecule has 0 bridgehead atoms. The molecule has 0 aliphatic carbocycles. The van der Waals surface area contributed by atoms with E-state index in [4.69, 9.17) is 9.47 Å². The Morgan fingerprint density at radius 1 is 0.917 bits per heavy atom. The minimum Gasteiger partial charge on any atom is -0.439 e. The third kappa shape index (κ3) is 4.39. The molecule has 1 heterocycles. The van der Waals surface area contributed by atoms with Crippen LogP contribution in [0.5, 0.6) is 17.4 Å². The van der Waals surface area contributed by atoms with Gasteiger partial charge in [-0.2, -0.15) is 0 Å². The first-order valence-corrected chi connectivity index (χ1v) is 7.33. The molecule has 1 aromatic heterocycles. The van der Waals surface area contributed by atoms with Crippen molar-refractivity contribution in [2.24, 2.45) is 0 Å². The van der Waals surface area contributed by atoms with Gasteiger partial charge in [0, 0.05) is 12.3 Å². The van der Waals surface area contributed by atoms with E-state index in [1.165, 1.54) is 12.1 Å². The summed E-state index contributed by atoms with van der Waals surface area (Å²) in [5.41, 5.74) is 0.691. The highest BCUT2D eigenvalue weighted by Gasteiger charge is 2.07. The Morgan fingerprint density at radius 3 is 2.29 bits per heavy atom. The molecule has 4 nitrogen and oxygen atoms in total. The third-order valence-electron chi connectivity index (χ3n) is 3.18. The Kier molecular flexibility index (Phi) is 4.81. The number of pyridine rings is 1. The summed E-state index contributed by atoms with van der Waals surface area (Å²) in [5.74, 6) is 0.733. The van der Waals surface area contributed by atoms with Crippen LogP contribution in [0, 0.1) is 5.82 Å². The molecule has 0 unspecified atom stereocenters. The largest absolute Gasteiger partial charge is 0.439 e. The summed E-state index contributed by atoms with van der Waals surface area (Å²) in [6.45, 7) is 0. The Morgan fingerprint density at radius 2 is 1.62 bits per heavy atom. The second kappa shape index (κ2) is 7.37. The molecule has 3 aromatic rings. The van der Waals surface area contributed by atoms with Gasteiger partial charge in [-0.3, -0.25) is 4.79 Å². The van der Waals surface area contributed by atoms with Crippen LogP contribution in [0.25, 0.3) is 0 Å². The lowest BCUT2D eigenvalue weighted by molar-refractivity contribution is -0.133. The van der Waals surface area contributed by atoms with Gasteiger partial charge in [0.25, 0.3) is 0 Å². The number of ether oxygens (including phenoxy) is 2. The molecule has 0 fully saturated rings. The van der Waals surface area contributed by atoms with Crippen molar-refractivity contribution in [1.82, 2.24) is 4.98 Å². The fraction of sp³-hybridized carbons (Fsp3) is 0.0526. The summed E-state index contributed by atoms with van der Waals surface area (Å²) in [6.07, 6.45) is 1.72. The molecular formula is C19H14FNO3. The molecule has 0 N–H and O–H groups in total. The minimum atomic E-state index is -0.417. The van der Waals surface area contributed by atoms with E-state index in [0.29, 0.717) is 22.9 Å². The lowest BCUT2D eigenvalue weighted by atomic mass is 10.1. The number of nitrogens with zero attached hydrogens (tertiary/aromatic N) is 1. The molecule has 0 spiro atoms. The average Bonchev–Trinajstić information content (AvgIpc) is 2.60. The average molecular weight is 323 g/mol. The summed E-state index contributed by atoms with van der Waals surface area (Å²) in [7, 11) is 0. The number of hydrogen-bond acceptors (Lipinski definition) is 4. The number of aromatic nitrogens is 1. The molecule has 2 aromatic carbocycles. The second-order valence-electron chi connectivity index (χ2n) is 5.02. The van der Waals surface area contributed by atoms with Crippen LogP contribution in [-0.4, -0.2) is 11.0 Å². The van der Waals surface area contributed by atoms with Crippen molar-refractivity contribution in [2.75, 3.05) is 0 Å². The van der Waals surface area contributed by atoms with Crippen LogP contribution in [0.15, 0.2) is 72.9 Å². The molecular weight excluding hydrogens is 309 g/mol. The maximum absolute atomic E-state index is 12.8.